The number of aromatic amines is 1. The maximum atomic E-state index is 13.8. The van der Waals surface area contributed by atoms with Crippen molar-refractivity contribution in [3.8, 4) is 0 Å². The summed E-state index contributed by atoms with van der Waals surface area (Å²) in [4.78, 5) is 20.4. The van der Waals surface area contributed by atoms with Gasteiger partial charge in [-0.3, -0.25) is 9.36 Å². The lowest BCUT2D eigenvalue weighted by atomic mass is 10.2. The summed E-state index contributed by atoms with van der Waals surface area (Å²) in [6.07, 6.45) is 0. The largest absolute Gasteiger partial charge is 0.353 e. The molecule has 0 saturated carbocycles. The van der Waals surface area contributed by atoms with Gasteiger partial charge in [-0.15, -0.1) is 0 Å². The maximum Gasteiger partial charge on any atom is 0.278 e. The number of nitrogens with zero attached hydrogens (tertiary/aromatic N) is 2. The van der Waals surface area contributed by atoms with E-state index in [-0.39, 0.29) is 22.8 Å². The summed E-state index contributed by atoms with van der Waals surface area (Å²) in [7, 11) is 0. The Kier molecular flexibility index (Phi) is 4.94. The SMILES string of the molecule is Cc1cc2nc(SCc3cc(F)ccc3F)n(CC(C)C)c(=O)c2[nH]1. The highest BCUT2D eigenvalue weighted by Crippen LogP contribution is 2.24. The lowest BCUT2D eigenvalue weighted by molar-refractivity contribution is 0.475. The smallest absolute Gasteiger partial charge is 0.278 e. The van der Waals surface area contributed by atoms with E-state index in [0.717, 1.165) is 17.8 Å². The molecule has 0 aliphatic carbocycles. The Morgan fingerprint density at radius 1 is 1.28 bits per heavy atom. The van der Waals surface area contributed by atoms with Crippen LogP contribution in [-0.2, 0) is 12.3 Å². The number of hydrogen-bond acceptors (Lipinski definition) is 3. The fraction of sp³-hybridized carbons (Fsp3) is 0.333. The van der Waals surface area contributed by atoms with E-state index in [1.54, 1.807) is 4.57 Å². The molecule has 1 N–H and O–H groups in total. The zero-order chi connectivity index (χ0) is 18.1. The van der Waals surface area contributed by atoms with Gasteiger partial charge in [-0.2, -0.15) is 0 Å². The summed E-state index contributed by atoms with van der Waals surface area (Å²) in [6.45, 7) is 6.39. The lowest BCUT2D eigenvalue weighted by Crippen LogP contribution is -2.25. The molecule has 3 rings (SSSR count). The average Bonchev–Trinajstić information content (AvgIpc) is 2.92. The molecule has 0 saturated heterocycles. The summed E-state index contributed by atoms with van der Waals surface area (Å²) in [5.41, 5.74) is 2.02. The van der Waals surface area contributed by atoms with E-state index in [9.17, 15) is 13.6 Å². The molecule has 7 heteroatoms. The first-order chi connectivity index (χ1) is 11.8. The van der Waals surface area contributed by atoms with Crippen molar-refractivity contribution in [1.29, 1.82) is 0 Å². The van der Waals surface area contributed by atoms with Gasteiger partial charge in [0, 0.05) is 23.6 Å². The normalized spacial score (nSPS) is 11.6. The van der Waals surface area contributed by atoms with Crippen LogP contribution in [0.15, 0.2) is 34.2 Å². The Morgan fingerprint density at radius 3 is 2.76 bits per heavy atom. The van der Waals surface area contributed by atoms with Gasteiger partial charge >= 0.3 is 0 Å². The molecular formula is C18H19F2N3OS. The van der Waals surface area contributed by atoms with Gasteiger partial charge < -0.3 is 4.98 Å². The monoisotopic (exact) mass is 363 g/mol. The van der Waals surface area contributed by atoms with Gasteiger partial charge in [0.1, 0.15) is 17.2 Å². The van der Waals surface area contributed by atoms with Crippen molar-refractivity contribution < 1.29 is 8.78 Å². The van der Waals surface area contributed by atoms with E-state index in [1.807, 2.05) is 26.8 Å². The van der Waals surface area contributed by atoms with Crippen LogP contribution in [0.25, 0.3) is 11.0 Å². The minimum absolute atomic E-state index is 0.144. The number of fused-ring (bicyclic) bond motifs is 1. The van der Waals surface area contributed by atoms with Crippen molar-refractivity contribution in [1.82, 2.24) is 14.5 Å². The van der Waals surface area contributed by atoms with Crippen LogP contribution in [0.5, 0.6) is 0 Å². The molecule has 2 heterocycles. The minimum atomic E-state index is -0.485. The van der Waals surface area contributed by atoms with Crippen LogP contribution in [0.3, 0.4) is 0 Å². The summed E-state index contributed by atoms with van der Waals surface area (Å²) in [5.74, 6) is -0.506. The standard InChI is InChI=1S/C18H19F2N3OS/c1-10(2)8-23-17(24)16-15(6-11(3)21-16)22-18(23)25-9-12-7-13(19)4-5-14(12)20/h4-7,10,21H,8-9H2,1-3H3. The van der Waals surface area contributed by atoms with Crippen LogP contribution >= 0.6 is 11.8 Å². The van der Waals surface area contributed by atoms with E-state index in [2.05, 4.69) is 9.97 Å². The van der Waals surface area contributed by atoms with Crippen molar-refractivity contribution in [2.45, 2.75) is 38.2 Å². The van der Waals surface area contributed by atoms with Gasteiger partial charge in [0.2, 0.25) is 0 Å². The third-order valence-electron chi connectivity index (χ3n) is 3.75. The summed E-state index contributed by atoms with van der Waals surface area (Å²) >= 11 is 1.23. The predicted molar refractivity (Wildman–Crippen MR) is 95.8 cm³/mol. The molecule has 25 heavy (non-hydrogen) atoms. The topological polar surface area (TPSA) is 50.7 Å². The lowest BCUT2D eigenvalue weighted by Gasteiger charge is -2.14. The number of hydrogen-bond donors (Lipinski definition) is 1. The van der Waals surface area contributed by atoms with Crippen molar-refractivity contribution in [2.75, 3.05) is 0 Å². The molecule has 0 aliphatic rings. The molecular weight excluding hydrogens is 344 g/mol. The Labute approximate surface area is 148 Å². The molecule has 0 amide bonds. The quantitative estimate of drug-likeness (QED) is 0.544. The molecule has 0 radical (unpaired) electrons. The van der Waals surface area contributed by atoms with Crippen molar-refractivity contribution in [3.05, 3.63) is 57.5 Å². The van der Waals surface area contributed by atoms with E-state index < -0.39 is 11.6 Å². The Balaban J connectivity index is 2.01. The molecule has 0 atom stereocenters. The number of aromatic nitrogens is 3. The fourth-order valence-electron chi connectivity index (χ4n) is 2.64. The molecule has 1 aromatic carbocycles. The molecule has 2 aromatic heterocycles. The number of halogens is 2. The molecule has 0 spiro atoms. The van der Waals surface area contributed by atoms with Gasteiger partial charge in [-0.05, 0) is 37.1 Å². The number of nitrogens with one attached hydrogen (secondary N) is 1. The third kappa shape index (κ3) is 3.76. The molecule has 132 valence electrons. The zero-order valence-electron chi connectivity index (χ0n) is 14.3. The average molecular weight is 363 g/mol. The van der Waals surface area contributed by atoms with Crippen molar-refractivity contribution in [2.24, 2.45) is 5.92 Å². The van der Waals surface area contributed by atoms with Gasteiger partial charge in [-0.25, -0.2) is 13.8 Å². The van der Waals surface area contributed by atoms with Crippen molar-refractivity contribution >= 4 is 22.8 Å². The molecule has 3 aromatic rings. The second kappa shape index (κ2) is 7.00. The molecule has 0 bridgehead atoms. The van der Waals surface area contributed by atoms with Crippen LogP contribution in [0.4, 0.5) is 8.78 Å². The van der Waals surface area contributed by atoms with Gasteiger partial charge in [-0.1, -0.05) is 25.6 Å². The minimum Gasteiger partial charge on any atom is -0.353 e. The molecule has 0 fully saturated rings. The molecule has 0 unspecified atom stereocenters. The Morgan fingerprint density at radius 2 is 2.04 bits per heavy atom. The summed E-state index contributed by atoms with van der Waals surface area (Å²) in [6, 6.07) is 5.18. The number of benzene rings is 1. The zero-order valence-corrected chi connectivity index (χ0v) is 15.1. The second-order valence-corrected chi connectivity index (χ2v) is 7.38. The van der Waals surface area contributed by atoms with Crippen LogP contribution in [0, 0.1) is 24.5 Å². The highest BCUT2D eigenvalue weighted by atomic mass is 32.2. The Bertz CT molecular complexity index is 978. The van der Waals surface area contributed by atoms with E-state index in [1.165, 1.54) is 17.8 Å². The van der Waals surface area contributed by atoms with Crippen LogP contribution in [0.2, 0.25) is 0 Å². The van der Waals surface area contributed by atoms with Crippen molar-refractivity contribution in [3.63, 3.8) is 0 Å². The van der Waals surface area contributed by atoms with Crippen LogP contribution < -0.4 is 5.56 Å². The van der Waals surface area contributed by atoms with Gasteiger partial charge in [0.25, 0.3) is 5.56 Å². The first-order valence-electron chi connectivity index (χ1n) is 8.02. The van der Waals surface area contributed by atoms with E-state index in [0.29, 0.717) is 22.7 Å². The molecule has 4 nitrogen and oxygen atoms in total. The highest BCUT2D eigenvalue weighted by Gasteiger charge is 2.15. The second-order valence-electron chi connectivity index (χ2n) is 6.44. The van der Waals surface area contributed by atoms with E-state index in [4.69, 9.17) is 0 Å². The summed E-state index contributed by atoms with van der Waals surface area (Å²) in [5, 5.41) is 0.508. The van der Waals surface area contributed by atoms with Crippen LogP contribution in [0.1, 0.15) is 25.1 Å². The first kappa shape index (κ1) is 17.7. The number of aryl methyl sites for hydroxylation is 1. The van der Waals surface area contributed by atoms with Crippen LogP contribution in [-0.4, -0.2) is 14.5 Å². The first-order valence-corrected chi connectivity index (χ1v) is 9.00. The highest BCUT2D eigenvalue weighted by molar-refractivity contribution is 7.98. The third-order valence-corrected chi connectivity index (χ3v) is 4.78. The number of rotatable bonds is 5. The van der Waals surface area contributed by atoms with E-state index >= 15 is 0 Å². The number of H-pyrrole nitrogens is 1. The predicted octanol–water partition coefficient (Wildman–Crippen LogP) is 4.26. The maximum absolute atomic E-state index is 13.8. The summed E-state index contributed by atoms with van der Waals surface area (Å²) < 4.78 is 28.8. The van der Waals surface area contributed by atoms with Gasteiger partial charge in [0.05, 0.1) is 5.52 Å². The number of thioether (sulfide) groups is 1. The molecule has 0 aliphatic heterocycles. The Hall–Kier alpha value is -2.15. The fourth-order valence-corrected chi connectivity index (χ4v) is 3.63. The van der Waals surface area contributed by atoms with Gasteiger partial charge in [0.15, 0.2) is 5.16 Å².